The Morgan fingerprint density at radius 3 is 2.30 bits per heavy atom. The van der Waals surface area contributed by atoms with Gasteiger partial charge < -0.3 is 0 Å². The molecule has 0 fully saturated rings. The first-order valence-electron chi connectivity index (χ1n) is 5.22. The van der Waals surface area contributed by atoms with Crippen LogP contribution in [0.4, 0.5) is 5.69 Å². The predicted octanol–water partition coefficient (Wildman–Crippen LogP) is 5.32. The number of hydrogen-bond acceptors (Lipinski definition) is 2. The van der Waals surface area contributed by atoms with Crippen molar-refractivity contribution in [2.24, 2.45) is 0 Å². The summed E-state index contributed by atoms with van der Waals surface area (Å²) in [5, 5.41) is 0.637. The summed E-state index contributed by atoms with van der Waals surface area (Å²) in [6.45, 7) is 0. The van der Waals surface area contributed by atoms with E-state index in [1.165, 1.54) is 24.3 Å². The second-order valence-corrected chi connectivity index (χ2v) is 8.04. The van der Waals surface area contributed by atoms with E-state index in [-0.39, 0.29) is 9.92 Å². The molecular weight excluding hydrogens is 453 g/mol. The van der Waals surface area contributed by atoms with Crippen LogP contribution in [-0.2, 0) is 10.0 Å². The molecule has 0 heterocycles. The summed E-state index contributed by atoms with van der Waals surface area (Å²) in [7, 11) is -3.72. The molecule has 0 amide bonds. The fourth-order valence-electron chi connectivity index (χ4n) is 1.45. The van der Waals surface area contributed by atoms with Gasteiger partial charge in [-0.05, 0) is 52.3 Å². The molecule has 8 heteroatoms. The average Bonchev–Trinajstić information content (AvgIpc) is 2.36. The lowest BCUT2D eigenvalue weighted by molar-refractivity contribution is 0.600. The average molecular weight is 460 g/mol. The number of nitrogens with one attached hydrogen (secondary N) is 1. The largest absolute Gasteiger partial charge is 0.280 e. The summed E-state index contributed by atoms with van der Waals surface area (Å²) in [4.78, 5) is 0.123. The zero-order valence-corrected chi connectivity index (χ0v) is 15.2. The zero-order chi connectivity index (χ0) is 14.9. The Labute approximate surface area is 143 Å². The molecule has 0 bridgehead atoms. The van der Waals surface area contributed by atoms with Crippen molar-refractivity contribution in [2.75, 3.05) is 4.72 Å². The van der Waals surface area contributed by atoms with E-state index in [0.717, 1.165) is 0 Å². The first-order chi connectivity index (χ1) is 9.29. The third-order valence-corrected chi connectivity index (χ3v) is 5.96. The van der Waals surface area contributed by atoms with Gasteiger partial charge in [0.15, 0.2) is 0 Å². The van der Waals surface area contributed by atoms with Crippen molar-refractivity contribution in [2.45, 2.75) is 4.90 Å². The van der Waals surface area contributed by atoms with E-state index in [9.17, 15) is 8.42 Å². The second-order valence-electron chi connectivity index (χ2n) is 3.81. The molecule has 2 aromatic rings. The lowest BCUT2D eigenvalue weighted by atomic mass is 10.3. The Kier molecular flexibility index (Phi) is 5.02. The van der Waals surface area contributed by atoms with Crippen LogP contribution in [0.25, 0.3) is 0 Å². The maximum Gasteiger partial charge on any atom is 0.263 e. The fourth-order valence-corrected chi connectivity index (χ4v) is 4.30. The van der Waals surface area contributed by atoms with Crippen molar-refractivity contribution in [3.8, 4) is 0 Å². The minimum atomic E-state index is -3.72. The van der Waals surface area contributed by atoms with Crippen LogP contribution >= 0.6 is 55.1 Å². The normalized spacial score (nSPS) is 11.4. The standard InChI is InChI=1S/C12H7Br2Cl2NO2S/c13-7-1-3-9(14)12(5-7)20(18,19)17-8-2-4-10(15)11(16)6-8/h1-6,17H. The number of sulfonamides is 1. The summed E-state index contributed by atoms with van der Waals surface area (Å²) in [6, 6.07) is 9.41. The maximum atomic E-state index is 12.3. The van der Waals surface area contributed by atoms with Crippen molar-refractivity contribution in [1.82, 2.24) is 0 Å². The summed E-state index contributed by atoms with van der Waals surface area (Å²) in [5.41, 5.74) is 0.339. The lowest BCUT2D eigenvalue weighted by Crippen LogP contribution is -2.13. The summed E-state index contributed by atoms with van der Waals surface area (Å²) < 4.78 is 28.2. The molecule has 0 aromatic heterocycles. The Bertz CT molecular complexity index is 766. The number of halogens is 4. The van der Waals surface area contributed by atoms with Crippen LogP contribution in [0.2, 0.25) is 10.0 Å². The maximum absolute atomic E-state index is 12.3. The summed E-state index contributed by atoms with van der Waals surface area (Å²) >= 11 is 18.1. The smallest absolute Gasteiger partial charge is 0.263 e. The molecule has 0 radical (unpaired) electrons. The highest BCUT2D eigenvalue weighted by atomic mass is 79.9. The molecule has 20 heavy (non-hydrogen) atoms. The summed E-state index contributed by atoms with van der Waals surface area (Å²) in [5.74, 6) is 0. The van der Waals surface area contributed by atoms with Gasteiger partial charge in [0.1, 0.15) is 4.90 Å². The van der Waals surface area contributed by atoms with Crippen LogP contribution in [0.5, 0.6) is 0 Å². The van der Waals surface area contributed by atoms with Crippen molar-refractivity contribution < 1.29 is 8.42 Å². The molecule has 0 spiro atoms. The van der Waals surface area contributed by atoms with Crippen LogP contribution in [0, 0.1) is 0 Å². The van der Waals surface area contributed by atoms with E-state index < -0.39 is 10.0 Å². The van der Waals surface area contributed by atoms with Gasteiger partial charge in [0, 0.05) is 8.95 Å². The van der Waals surface area contributed by atoms with E-state index in [1.54, 1.807) is 12.1 Å². The van der Waals surface area contributed by atoms with Gasteiger partial charge in [0.05, 0.1) is 15.7 Å². The SMILES string of the molecule is O=S(=O)(Nc1ccc(Cl)c(Cl)c1)c1cc(Br)ccc1Br. The molecule has 0 unspecified atom stereocenters. The van der Waals surface area contributed by atoms with Gasteiger partial charge in [0.2, 0.25) is 0 Å². The molecule has 2 aromatic carbocycles. The Morgan fingerprint density at radius 2 is 1.65 bits per heavy atom. The molecule has 2 rings (SSSR count). The van der Waals surface area contributed by atoms with E-state index >= 15 is 0 Å². The van der Waals surface area contributed by atoms with Gasteiger partial charge in [-0.3, -0.25) is 4.72 Å². The van der Waals surface area contributed by atoms with Crippen LogP contribution in [0.1, 0.15) is 0 Å². The quantitative estimate of drug-likeness (QED) is 0.675. The zero-order valence-electron chi connectivity index (χ0n) is 9.70. The van der Waals surface area contributed by atoms with Gasteiger partial charge in [-0.1, -0.05) is 39.1 Å². The van der Waals surface area contributed by atoms with Gasteiger partial charge in [-0.2, -0.15) is 0 Å². The number of anilines is 1. The Morgan fingerprint density at radius 1 is 0.950 bits per heavy atom. The highest BCUT2D eigenvalue weighted by molar-refractivity contribution is 9.11. The Balaban J connectivity index is 2.40. The van der Waals surface area contributed by atoms with Gasteiger partial charge in [-0.15, -0.1) is 0 Å². The van der Waals surface area contributed by atoms with E-state index in [0.29, 0.717) is 19.7 Å². The van der Waals surface area contributed by atoms with Crippen molar-refractivity contribution in [3.63, 3.8) is 0 Å². The molecule has 0 aliphatic carbocycles. The van der Waals surface area contributed by atoms with Gasteiger partial charge in [0.25, 0.3) is 10.0 Å². The first kappa shape index (κ1) is 16.1. The van der Waals surface area contributed by atoms with Crippen LogP contribution in [0.15, 0.2) is 50.2 Å². The van der Waals surface area contributed by atoms with Crippen molar-refractivity contribution in [1.29, 1.82) is 0 Å². The van der Waals surface area contributed by atoms with E-state index in [4.69, 9.17) is 23.2 Å². The topological polar surface area (TPSA) is 46.2 Å². The minimum absolute atomic E-state index is 0.123. The minimum Gasteiger partial charge on any atom is -0.280 e. The monoisotopic (exact) mass is 457 g/mol. The molecule has 0 aliphatic rings. The molecule has 0 saturated carbocycles. The molecule has 0 aliphatic heterocycles. The molecule has 1 N–H and O–H groups in total. The van der Waals surface area contributed by atoms with E-state index in [1.807, 2.05) is 0 Å². The van der Waals surface area contributed by atoms with E-state index in [2.05, 4.69) is 36.6 Å². The Hall–Kier alpha value is -0.270. The molecular formula is C12H7Br2Cl2NO2S. The first-order valence-corrected chi connectivity index (χ1v) is 9.05. The van der Waals surface area contributed by atoms with Crippen LogP contribution in [0.3, 0.4) is 0 Å². The molecule has 0 saturated heterocycles. The highest BCUT2D eigenvalue weighted by Crippen LogP contribution is 2.29. The highest BCUT2D eigenvalue weighted by Gasteiger charge is 2.18. The number of benzene rings is 2. The van der Waals surface area contributed by atoms with Crippen molar-refractivity contribution in [3.05, 3.63) is 55.4 Å². The number of rotatable bonds is 3. The third-order valence-electron chi connectivity index (χ3n) is 2.35. The third kappa shape index (κ3) is 3.68. The summed E-state index contributed by atoms with van der Waals surface area (Å²) in [6.07, 6.45) is 0. The van der Waals surface area contributed by atoms with Gasteiger partial charge in [-0.25, -0.2) is 8.42 Å². The fraction of sp³-hybridized carbons (Fsp3) is 0. The lowest BCUT2D eigenvalue weighted by Gasteiger charge is -2.10. The van der Waals surface area contributed by atoms with Crippen LogP contribution in [-0.4, -0.2) is 8.42 Å². The molecule has 0 atom stereocenters. The predicted molar refractivity (Wildman–Crippen MR) is 89.1 cm³/mol. The number of hydrogen-bond donors (Lipinski definition) is 1. The molecule has 3 nitrogen and oxygen atoms in total. The van der Waals surface area contributed by atoms with Crippen LogP contribution < -0.4 is 4.72 Å². The second kappa shape index (κ2) is 6.23. The molecule has 106 valence electrons. The van der Waals surface area contributed by atoms with Crippen molar-refractivity contribution >= 4 is 70.8 Å². The van der Waals surface area contributed by atoms with Gasteiger partial charge >= 0.3 is 0 Å².